The highest BCUT2D eigenvalue weighted by atomic mass is 32.1. The van der Waals surface area contributed by atoms with Crippen molar-refractivity contribution in [1.29, 1.82) is 0 Å². The normalized spacial score (nSPS) is 14.2. The van der Waals surface area contributed by atoms with Gasteiger partial charge in [0, 0.05) is 29.2 Å². The third-order valence-electron chi connectivity index (χ3n) is 5.48. The summed E-state index contributed by atoms with van der Waals surface area (Å²) in [6.45, 7) is 0.171. The van der Waals surface area contributed by atoms with Crippen molar-refractivity contribution in [3.05, 3.63) is 64.3 Å². The van der Waals surface area contributed by atoms with Crippen LogP contribution in [0.15, 0.2) is 41.4 Å². The molecule has 0 spiro atoms. The molecule has 1 fully saturated rings. The molecule has 1 aliphatic carbocycles. The van der Waals surface area contributed by atoms with Crippen molar-refractivity contribution in [2.24, 2.45) is 0 Å². The fourth-order valence-corrected chi connectivity index (χ4v) is 4.59. The van der Waals surface area contributed by atoms with E-state index in [0.717, 1.165) is 24.4 Å². The first kappa shape index (κ1) is 19.6. The lowest BCUT2D eigenvalue weighted by molar-refractivity contribution is 0.0947. The van der Waals surface area contributed by atoms with Crippen LogP contribution in [0.25, 0.3) is 11.2 Å². The number of aromatic amines is 1. The average molecular weight is 437 g/mol. The lowest BCUT2D eigenvalue weighted by atomic mass is 10.1. The second-order valence-corrected chi connectivity index (χ2v) is 8.47. The van der Waals surface area contributed by atoms with Gasteiger partial charge >= 0.3 is 0 Å². The Bertz CT molecular complexity index is 1220. The van der Waals surface area contributed by atoms with Gasteiger partial charge in [-0.2, -0.15) is 11.3 Å². The molecule has 9 heteroatoms. The maximum atomic E-state index is 14.1. The van der Waals surface area contributed by atoms with Crippen LogP contribution in [0.4, 0.5) is 15.8 Å². The van der Waals surface area contributed by atoms with E-state index in [1.807, 2.05) is 22.9 Å². The number of aromatic nitrogens is 4. The number of H-pyrrole nitrogens is 1. The number of benzene rings is 1. The Labute approximate surface area is 182 Å². The standard InChI is InChI=1S/C22H21FN6OS/c23-15-7-13(8-17(9-15)27-16-5-6-31-11-16)10-24-22(30)19-18-21(26-12-25-19)29-20(28-18)14-3-1-2-4-14/h5-9,11-12,14,27H,1-4,10H2,(H,24,30)(H,25,26,28,29). The molecular formula is C22H21FN6OS. The van der Waals surface area contributed by atoms with E-state index in [4.69, 9.17) is 0 Å². The quantitative estimate of drug-likeness (QED) is 0.400. The van der Waals surface area contributed by atoms with E-state index in [1.165, 1.54) is 31.3 Å². The molecule has 5 rings (SSSR count). The summed E-state index contributed by atoms with van der Waals surface area (Å²) in [6, 6.07) is 6.56. The van der Waals surface area contributed by atoms with Crippen LogP contribution in [0.5, 0.6) is 0 Å². The minimum Gasteiger partial charge on any atom is -0.355 e. The third-order valence-corrected chi connectivity index (χ3v) is 6.17. The van der Waals surface area contributed by atoms with Gasteiger partial charge in [0.25, 0.3) is 5.91 Å². The molecule has 3 N–H and O–H groups in total. The van der Waals surface area contributed by atoms with E-state index < -0.39 is 0 Å². The SMILES string of the molecule is O=C(NCc1cc(F)cc(Nc2ccsc2)c1)c1ncnc2nc(C3CCCC3)[nH]c12. The van der Waals surface area contributed by atoms with Gasteiger partial charge in [-0.1, -0.05) is 12.8 Å². The van der Waals surface area contributed by atoms with Gasteiger partial charge in [0.2, 0.25) is 0 Å². The number of rotatable bonds is 6. The van der Waals surface area contributed by atoms with Crippen molar-refractivity contribution in [1.82, 2.24) is 25.3 Å². The second kappa shape index (κ2) is 8.43. The number of amides is 1. The minimum atomic E-state index is -0.372. The summed E-state index contributed by atoms with van der Waals surface area (Å²) in [7, 11) is 0. The third kappa shape index (κ3) is 4.27. The predicted molar refractivity (Wildman–Crippen MR) is 118 cm³/mol. The molecule has 31 heavy (non-hydrogen) atoms. The summed E-state index contributed by atoms with van der Waals surface area (Å²) in [4.78, 5) is 29.0. The molecule has 0 aliphatic heterocycles. The van der Waals surface area contributed by atoms with Crippen LogP contribution in [0.3, 0.4) is 0 Å². The van der Waals surface area contributed by atoms with E-state index in [0.29, 0.717) is 28.3 Å². The lowest BCUT2D eigenvalue weighted by Crippen LogP contribution is -2.24. The van der Waals surface area contributed by atoms with E-state index in [9.17, 15) is 9.18 Å². The van der Waals surface area contributed by atoms with Crippen molar-refractivity contribution < 1.29 is 9.18 Å². The fourth-order valence-electron chi connectivity index (χ4n) is 4.00. The van der Waals surface area contributed by atoms with Gasteiger partial charge in [0.1, 0.15) is 23.5 Å². The van der Waals surface area contributed by atoms with Gasteiger partial charge in [0.05, 0.1) is 0 Å². The molecule has 1 saturated carbocycles. The highest BCUT2D eigenvalue weighted by molar-refractivity contribution is 7.08. The molecule has 4 aromatic rings. The van der Waals surface area contributed by atoms with Crippen LogP contribution in [-0.4, -0.2) is 25.8 Å². The Morgan fingerprint density at radius 3 is 2.87 bits per heavy atom. The zero-order chi connectivity index (χ0) is 21.2. The van der Waals surface area contributed by atoms with Crippen LogP contribution < -0.4 is 10.6 Å². The number of anilines is 2. The van der Waals surface area contributed by atoms with Gasteiger partial charge in [-0.05, 0) is 48.1 Å². The summed E-state index contributed by atoms with van der Waals surface area (Å²) >= 11 is 1.56. The second-order valence-electron chi connectivity index (χ2n) is 7.69. The first-order valence-electron chi connectivity index (χ1n) is 10.2. The molecule has 3 aromatic heterocycles. The zero-order valence-electron chi connectivity index (χ0n) is 16.7. The highest BCUT2D eigenvalue weighted by Gasteiger charge is 2.23. The molecule has 158 valence electrons. The molecule has 7 nitrogen and oxygen atoms in total. The van der Waals surface area contributed by atoms with E-state index in [-0.39, 0.29) is 24.0 Å². The Balaban J connectivity index is 1.32. The van der Waals surface area contributed by atoms with Crippen molar-refractivity contribution in [2.75, 3.05) is 5.32 Å². The van der Waals surface area contributed by atoms with Gasteiger partial charge in [-0.15, -0.1) is 0 Å². The number of carbonyl (C=O) groups is 1. The van der Waals surface area contributed by atoms with Crippen molar-refractivity contribution in [3.8, 4) is 0 Å². The first-order valence-corrected chi connectivity index (χ1v) is 11.2. The minimum absolute atomic E-state index is 0.171. The number of hydrogen-bond donors (Lipinski definition) is 3. The number of hydrogen-bond acceptors (Lipinski definition) is 6. The fraction of sp³-hybridized carbons (Fsp3) is 0.273. The van der Waals surface area contributed by atoms with E-state index in [2.05, 4.69) is 30.6 Å². The Morgan fingerprint density at radius 1 is 1.19 bits per heavy atom. The lowest BCUT2D eigenvalue weighted by Gasteiger charge is -2.09. The van der Waals surface area contributed by atoms with Gasteiger partial charge in [0.15, 0.2) is 11.3 Å². The summed E-state index contributed by atoms with van der Waals surface area (Å²) in [5.41, 5.74) is 3.45. The molecule has 1 aliphatic rings. The maximum absolute atomic E-state index is 14.1. The smallest absolute Gasteiger partial charge is 0.272 e. The van der Waals surface area contributed by atoms with Gasteiger partial charge in [-0.3, -0.25) is 4.79 Å². The average Bonchev–Trinajstić information content (AvgIpc) is 3.52. The topological polar surface area (TPSA) is 95.6 Å². The molecular weight excluding hydrogens is 415 g/mol. The van der Waals surface area contributed by atoms with Crippen LogP contribution in [-0.2, 0) is 6.54 Å². The van der Waals surface area contributed by atoms with Crippen LogP contribution in [0.2, 0.25) is 0 Å². The Morgan fingerprint density at radius 2 is 2.06 bits per heavy atom. The van der Waals surface area contributed by atoms with Crippen molar-refractivity contribution in [2.45, 2.75) is 38.1 Å². The molecule has 3 heterocycles. The Kier molecular flexibility index (Phi) is 5.33. The van der Waals surface area contributed by atoms with Crippen LogP contribution in [0.1, 0.15) is 53.5 Å². The molecule has 0 atom stereocenters. The summed E-state index contributed by atoms with van der Waals surface area (Å²) < 4.78 is 14.1. The van der Waals surface area contributed by atoms with Crippen LogP contribution >= 0.6 is 11.3 Å². The van der Waals surface area contributed by atoms with Crippen LogP contribution in [0, 0.1) is 5.82 Å². The van der Waals surface area contributed by atoms with Gasteiger partial charge < -0.3 is 15.6 Å². The highest BCUT2D eigenvalue weighted by Crippen LogP contribution is 2.33. The largest absolute Gasteiger partial charge is 0.355 e. The Hall–Kier alpha value is -3.33. The number of thiophene rings is 1. The molecule has 0 unspecified atom stereocenters. The number of halogens is 1. The number of fused-ring (bicyclic) bond motifs is 1. The summed E-state index contributed by atoms with van der Waals surface area (Å²) in [5.74, 6) is 0.525. The van der Waals surface area contributed by atoms with Crippen molar-refractivity contribution >= 4 is 39.8 Å². The molecule has 0 bridgehead atoms. The first-order chi connectivity index (χ1) is 15.2. The summed E-state index contributed by atoms with van der Waals surface area (Å²) in [5, 5.41) is 9.88. The predicted octanol–water partition coefficient (Wildman–Crippen LogP) is 4.88. The molecule has 1 aromatic carbocycles. The number of carbonyl (C=O) groups excluding carboxylic acids is 1. The van der Waals surface area contributed by atoms with Gasteiger partial charge in [-0.25, -0.2) is 19.3 Å². The zero-order valence-corrected chi connectivity index (χ0v) is 17.5. The number of nitrogens with one attached hydrogen (secondary N) is 3. The molecule has 1 amide bonds. The number of imidazole rings is 1. The van der Waals surface area contributed by atoms with Crippen molar-refractivity contribution in [3.63, 3.8) is 0 Å². The van der Waals surface area contributed by atoms with E-state index >= 15 is 0 Å². The monoisotopic (exact) mass is 436 g/mol. The molecule has 0 radical (unpaired) electrons. The van der Waals surface area contributed by atoms with E-state index in [1.54, 1.807) is 11.3 Å². The number of nitrogens with zero attached hydrogens (tertiary/aromatic N) is 3. The maximum Gasteiger partial charge on any atom is 0.272 e. The molecule has 0 saturated heterocycles. The summed E-state index contributed by atoms with van der Waals surface area (Å²) in [6.07, 6.45) is 5.92.